The molecule has 28 heavy (non-hydrogen) atoms. The molecule has 144 valence electrons. The molecule has 8 heteroatoms. The summed E-state index contributed by atoms with van der Waals surface area (Å²) in [5, 5.41) is 14.6. The molecule has 2 aromatic heterocycles. The molecule has 0 spiro atoms. The number of nitrogens with zero attached hydrogens (tertiary/aromatic N) is 3. The number of hydrogen-bond donors (Lipinski definition) is 1. The number of anilines is 1. The third-order valence-corrected chi connectivity index (χ3v) is 7.05. The van der Waals surface area contributed by atoms with Gasteiger partial charge in [-0.25, -0.2) is 0 Å². The Hall–Kier alpha value is -2.03. The Labute approximate surface area is 176 Å². The summed E-state index contributed by atoms with van der Waals surface area (Å²) in [5.41, 5.74) is 0.836. The van der Waals surface area contributed by atoms with Crippen molar-refractivity contribution in [1.82, 2.24) is 14.8 Å². The molecule has 3 aromatic rings. The van der Waals surface area contributed by atoms with Crippen LogP contribution >= 0.6 is 34.9 Å². The highest BCUT2D eigenvalue weighted by Crippen LogP contribution is 2.41. The van der Waals surface area contributed by atoms with Crippen LogP contribution in [0.3, 0.4) is 0 Å². The molecule has 1 amide bonds. The van der Waals surface area contributed by atoms with Crippen molar-refractivity contribution in [2.24, 2.45) is 0 Å². The van der Waals surface area contributed by atoms with E-state index in [9.17, 15) is 4.79 Å². The fourth-order valence-corrected chi connectivity index (χ4v) is 5.03. The number of hydrogen-bond acceptors (Lipinski definition) is 6. The van der Waals surface area contributed by atoms with Crippen LogP contribution < -0.4 is 5.32 Å². The van der Waals surface area contributed by atoms with E-state index < -0.39 is 0 Å². The van der Waals surface area contributed by atoms with Crippen molar-refractivity contribution in [1.29, 1.82) is 0 Å². The number of carbonyl (C=O) groups excluding carboxylic acids is 1. The van der Waals surface area contributed by atoms with Gasteiger partial charge in [0, 0.05) is 16.7 Å². The van der Waals surface area contributed by atoms with Gasteiger partial charge in [0.2, 0.25) is 5.91 Å². The number of para-hydroxylation sites is 1. The fourth-order valence-electron chi connectivity index (χ4n) is 2.77. The molecule has 0 bridgehead atoms. The Morgan fingerprint density at radius 1 is 1.25 bits per heavy atom. The first-order valence-corrected chi connectivity index (χ1v) is 11.9. The first kappa shape index (κ1) is 19.3. The third kappa shape index (κ3) is 4.51. The molecule has 1 aliphatic rings. The minimum atomic E-state index is -0.0420. The van der Waals surface area contributed by atoms with E-state index in [4.69, 9.17) is 0 Å². The van der Waals surface area contributed by atoms with E-state index in [2.05, 4.69) is 32.7 Å². The Kier molecular flexibility index (Phi) is 6.19. The predicted octanol–water partition coefficient (Wildman–Crippen LogP) is 5.35. The molecule has 5 nitrogen and oxygen atoms in total. The lowest BCUT2D eigenvalue weighted by atomic mass is 10.3. The number of amides is 1. The minimum Gasteiger partial charge on any atom is -0.324 e. The van der Waals surface area contributed by atoms with E-state index in [0.717, 1.165) is 45.0 Å². The quantitative estimate of drug-likeness (QED) is 0.368. The van der Waals surface area contributed by atoms with Crippen LogP contribution in [0.25, 0.3) is 10.7 Å². The van der Waals surface area contributed by atoms with Crippen molar-refractivity contribution in [3.8, 4) is 10.7 Å². The van der Waals surface area contributed by atoms with Gasteiger partial charge in [-0.1, -0.05) is 36.0 Å². The van der Waals surface area contributed by atoms with Crippen LogP contribution in [0, 0.1) is 0 Å². The topological polar surface area (TPSA) is 59.8 Å². The first-order chi connectivity index (χ1) is 13.8. The number of carbonyl (C=O) groups is 1. The largest absolute Gasteiger partial charge is 0.324 e. The molecular formula is C20H20N4OS3. The van der Waals surface area contributed by atoms with Crippen molar-refractivity contribution in [3.05, 3.63) is 54.4 Å². The van der Waals surface area contributed by atoms with Crippen molar-refractivity contribution < 1.29 is 4.79 Å². The van der Waals surface area contributed by atoms with Crippen molar-refractivity contribution in [2.45, 2.75) is 28.9 Å². The van der Waals surface area contributed by atoms with E-state index in [1.807, 2.05) is 41.8 Å². The minimum absolute atomic E-state index is 0.0420. The zero-order valence-electron chi connectivity index (χ0n) is 15.2. The lowest BCUT2D eigenvalue weighted by molar-refractivity contribution is -0.113. The second-order valence-corrected chi connectivity index (χ2v) is 9.27. The summed E-state index contributed by atoms with van der Waals surface area (Å²) >= 11 is 4.76. The van der Waals surface area contributed by atoms with Crippen LogP contribution in [0.5, 0.6) is 0 Å². The molecule has 0 aliphatic heterocycles. The molecule has 1 aromatic carbocycles. The summed E-state index contributed by atoms with van der Waals surface area (Å²) in [6, 6.07) is 12.4. The van der Waals surface area contributed by atoms with E-state index in [1.165, 1.54) is 11.8 Å². The number of benzene rings is 1. The zero-order chi connectivity index (χ0) is 19.3. The second kappa shape index (κ2) is 8.98. The average Bonchev–Trinajstić information content (AvgIpc) is 3.23. The van der Waals surface area contributed by atoms with Crippen LogP contribution in [0.1, 0.15) is 18.9 Å². The van der Waals surface area contributed by atoms with Crippen LogP contribution in [-0.4, -0.2) is 32.2 Å². The first-order valence-electron chi connectivity index (χ1n) is 9.00. The smallest absolute Gasteiger partial charge is 0.234 e. The Morgan fingerprint density at radius 2 is 2.11 bits per heavy atom. The maximum atomic E-state index is 12.5. The second-order valence-electron chi connectivity index (χ2n) is 6.32. The summed E-state index contributed by atoms with van der Waals surface area (Å²) in [5.74, 6) is 1.97. The summed E-state index contributed by atoms with van der Waals surface area (Å²) in [7, 11) is 0. The van der Waals surface area contributed by atoms with Crippen LogP contribution in [-0.2, 0) is 4.79 Å². The standard InChI is InChI=1S/C20H20N4OS3/c1-2-11-26-16-7-4-3-6-15(16)21-18(25)13-28-20-23-22-19(17-8-5-12-27-17)24(20)14-9-10-14/h2-8,12,14H,1,9-11,13H2,(H,21,25). The molecule has 0 radical (unpaired) electrons. The van der Waals surface area contributed by atoms with Gasteiger partial charge in [-0.2, -0.15) is 0 Å². The van der Waals surface area contributed by atoms with Gasteiger partial charge in [0.15, 0.2) is 11.0 Å². The monoisotopic (exact) mass is 428 g/mol. The highest BCUT2D eigenvalue weighted by molar-refractivity contribution is 8.00. The van der Waals surface area contributed by atoms with Gasteiger partial charge in [0.25, 0.3) is 0 Å². The van der Waals surface area contributed by atoms with E-state index >= 15 is 0 Å². The molecule has 1 N–H and O–H groups in total. The maximum Gasteiger partial charge on any atom is 0.234 e. The van der Waals surface area contributed by atoms with Crippen LogP contribution in [0.2, 0.25) is 0 Å². The van der Waals surface area contributed by atoms with Gasteiger partial charge in [-0.15, -0.1) is 39.9 Å². The molecule has 1 saturated carbocycles. The van der Waals surface area contributed by atoms with Gasteiger partial charge in [-0.3, -0.25) is 9.36 Å². The predicted molar refractivity (Wildman–Crippen MR) is 118 cm³/mol. The van der Waals surface area contributed by atoms with E-state index in [1.54, 1.807) is 23.1 Å². The number of nitrogens with one attached hydrogen (secondary N) is 1. The van der Waals surface area contributed by atoms with E-state index in [0.29, 0.717) is 11.8 Å². The molecule has 0 saturated heterocycles. The summed E-state index contributed by atoms with van der Waals surface area (Å²) in [6.07, 6.45) is 4.14. The van der Waals surface area contributed by atoms with Crippen molar-refractivity contribution >= 4 is 46.5 Å². The molecule has 0 atom stereocenters. The summed E-state index contributed by atoms with van der Waals surface area (Å²) < 4.78 is 2.19. The van der Waals surface area contributed by atoms with Crippen molar-refractivity contribution in [3.63, 3.8) is 0 Å². The number of thioether (sulfide) groups is 2. The lowest BCUT2D eigenvalue weighted by Crippen LogP contribution is -2.15. The van der Waals surface area contributed by atoms with Gasteiger partial charge < -0.3 is 5.32 Å². The normalized spacial score (nSPS) is 13.4. The molecule has 2 heterocycles. The molecule has 4 rings (SSSR count). The molecular weight excluding hydrogens is 408 g/mol. The summed E-state index contributed by atoms with van der Waals surface area (Å²) in [6.45, 7) is 3.75. The lowest BCUT2D eigenvalue weighted by Gasteiger charge is -2.10. The zero-order valence-corrected chi connectivity index (χ0v) is 17.7. The average molecular weight is 429 g/mol. The van der Waals surface area contributed by atoms with Crippen LogP contribution in [0.4, 0.5) is 5.69 Å². The molecule has 1 aliphatic carbocycles. The van der Waals surface area contributed by atoms with Gasteiger partial charge in [-0.05, 0) is 36.4 Å². The van der Waals surface area contributed by atoms with Gasteiger partial charge in [0.05, 0.1) is 16.3 Å². The number of thiophene rings is 1. The number of rotatable bonds is 9. The van der Waals surface area contributed by atoms with E-state index in [-0.39, 0.29) is 5.91 Å². The molecule has 1 fully saturated rings. The summed E-state index contributed by atoms with van der Waals surface area (Å²) in [4.78, 5) is 14.7. The maximum absolute atomic E-state index is 12.5. The molecule has 0 unspecified atom stereocenters. The Morgan fingerprint density at radius 3 is 2.86 bits per heavy atom. The van der Waals surface area contributed by atoms with Gasteiger partial charge in [0.1, 0.15) is 0 Å². The fraction of sp³-hybridized carbons (Fsp3) is 0.250. The SMILES string of the molecule is C=CCSc1ccccc1NC(=O)CSc1nnc(-c2cccs2)n1C1CC1. The van der Waals surface area contributed by atoms with Crippen molar-refractivity contribution in [2.75, 3.05) is 16.8 Å². The highest BCUT2D eigenvalue weighted by atomic mass is 32.2. The Bertz CT molecular complexity index is 964. The Balaban J connectivity index is 1.43. The van der Waals surface area contributed by atoms with Crippen LogP contribution in [0.15, 0.2) is 64.5 Å². The third-order valence-electron chi connectivity index (χ3n) is 4.17. The number of aromatic nitrogens is 3. The highest BCUT2D eigenvalue weighted by Gasteiger charge is 2.30. The van der Waals surface area contributed by atoms with Gasteiger partial charge >= 0.3 is 0 Å².